The van der Waals surface area contributed by atoms with Crippen LogP contribution in [0.5, 0.6) is 5.75 Å². The summed E-state index contributed by atoms with van der Waals surface area (Å²) in [6, 6.07) is 13.3. The summed E-state index contributed by atoms with van der Waals surface area (Å²) in [5, 5.41) is 5.78. The molecule has 8 heteroatoms. The lowest BCUT2D eigenvalue weighted by atomic mass is 10.1. The molecule has 0 bridgehead atoms. The summed E-state index contributed by atoms with van der Waals surface area (Å²) >= 11 is 0. The Morgan fingerprint density at radius 3 is 2.63 bits per heavy atom. The first-order chi connectivity index (χ1) is 14.6. The van der Waals surface area contributed by atoms with Gasteiger partial charge in [-0.1, -0.05) is 12.1 Å². The summed E-state index contributed by atoms with van der Waals surface area (Å²) in [5.74, 6) is 0.539. The minimum atomic E-state index is -0.629. The van der Waals surface area contributed by atoms with Gasteiger partial charge in [0.25, 0.3) is 11.8 Å². The number of amides is 2. The van der Waals surface area contributed by atoms with Crippen molar-refractivity contribution < 1.29 is 23.2 Å². The van der Waals surface area contributed by atoms with Gasteiger partial charge in [-0.3, -0.25) is 9.59 Å². The molecule has 0 radical (unpaired) electrons. The van der Waals surface area contributed by atoms with Crippen molar-refractivity contribution in [2.24, 2.45) is 10.8 Å². The minimum Gasteiger partial charge on any atom is -0.483 e. The van der Waals surface area contributed by atoms with Crippen LogP contribution in [-0.2, 0) is 4.79 Å². The van der Waals surface area contributed by atoms with E-state index in [0.29, 0.717) is 23.7 Å². The number of para-hydroxylation sites is 1. The molecule has 30 heavy (non-hydrogen) atoms. The number of nitrogens with zero attached hydrogens (tertiary/aromatic N) is 2. The van der Waals surface area contributed by atoms with E-state index < -0.39 is 11.9 Å². The van der Waals surface area contributed by atoms with Crippen LogP contribution >= 0.6 is 0 Å². The van der Waals surface area contributed by atoms with Crippen molar-refractivity contribution in [3.05, 3.63) is 84.2 Å². The normalized spacial score (nSPS) is 16.1. The average molecular weight is 405 g/mol. The van der Waals surface area contributed by atoms with Gasteiger partial charge in [-0.25, -0.2) is 5.01 Å². The Labute approximate surface area is 172 Å². The Morgan fingerprint density at radius 1 is 1.10 bits per heavy atom. The average Bonchev–Trinajstić information content (AvgIpc) is 3.51. The molecule has 1 aromatic carbocycles. The fourth-order valence-corrected chi connectivity index (χ4v) is 3.13. The largest absolute Gasteiger partial charge is 0.483 e. The van der Waals surface area contributed by atoms with E-state index in [0.717, 1.165) is 0 Å². The van der Waals surface area contributed by atoms with Gasteiger partial charge in [-0.2, -0.15) is 5.10 Å². The van der Waals surface area contributed by atoms with Gasteiger partial charge in [0.15, 0.2) is 6.61 Å². The second kappa shape index (κ2) is 8.52. The Bertz CT molecular complexity index is 1080. The molecule has 1 aliphatic heterocycles. The second-order valence-corrected chi connectivity index (χ2v) is 6.56. The van der Waals surface area contributed by atoms with Gasteiger partial charge in [0.05, 0.1) is 23.8 Å². The molecule has 2 aromatic heterocycles. The van der Waals surface area contributed by atoms with Crippen molar-refractivity contribution in [1.82, 2.24) is 5.01 Å². The summed E-state index contributed by atoms with van der Waals surface area (Å²) in [6.07, 6.45) is 7.19. The van der Waals surface area contributed by atoms with Crippen molar-refractivity contribution in [3.63, 3.8) is 0 Å². The predicted octanol–water partition coefficient (Wildman–Crippen LogP) is 3.39. The molecule has 8 nitrogen and oxygen atoms in total. The molecule has 0 saturated heterocycles. The molecule has 0 fully saturated rings. The van der Waals surface area contributed by atoms with Crippen molar-refractivity contribution >= 4 is 23.6 Å². The number of rotatable bonds is 7. The van der Waals surface area contributed by atoms with Gasteiger partial charge in [0.2, 0.25) is 0 Å². The maximum atomic E-state index is 12.9. The Hall–Kier alpha value is -4.07. The third-order valence-corrected chi connectivity index (χ3v) is 4.55. The molecule has 2 amide bonds. The summed E-state index contributed by atoms with van der Waals surface area (Å²) in [6.45, 7) is -0.305. The fourth-order valence-electron chi connectivity index (χ4n) is 3.13. The summed E-state index contributed by atoms with van der Waals surface area (Å²) < 4.78 is 16.4. The highest BCUT2D eigenvalue weighted by molar-refractivity contribution is 6.01. The van der Waals surface area contributed by atoms with Gasteiger partial charge < -0.3 is 19.3 Å². The van der Waals surface area contributed by atoms with Crippen LogP contribution in [0.4, 0.5) is 0 Å². The predicted molar refractivity (Wildman–Crippen MR) is 109 cm³/mol. The number of furan rings is 2. The van der Waals surface area contributed by atoms with E-state index >= 15 is 0 Å². The molecule has 1 atom stereocenters. The minimum absolute atomic E-state index is 0.208. The maximum absolute atomic E-state index is 12.9. The lowest BCUT2D eigenvalue weighted by Crippen LogP contribution is -2.31. The van der Waals surface area contributed by atoms with Crippen LogP contribution < -0.4 is 10.5 Å². The van der Waals surface area contributed by atoms with E-state index in [1.54, 1.807) is 67.1 Å². The molecule has 3 heterocycles. The topological polar surface area (TPSA) is 111 Å². The van der Waals surface area contributed by atoms with Gasteiger partial charge >= 0.3 is 0 Å². The summed E-state index contributed by atoms with van der Waals surface area (Å²) in [4.78, 5) is 24.4. The number of carbonyl (C=O) groups excluding carboxylic acids is 2. The number of benzene rings is 1. The van der Waals surface area contributed by atoms with Crippen LogP contribution in [0, 0.1) is 0 Å². The fraction of sp³-hybridized carbons (Fsp3) is 0.136. The molecule has 0 unspecified atom stereocenters. The van der Waals surface area contributed by atoms with Gasteiger partial charge in [-0.15, -0.1) is 0 Å². The number of ether oxygens (including phenoxy) is 1. The van der Waals surface area contributed by atoms with Crippen molar-refractivity contribution in [2.45, 2.75) is 12.5 Å². The Balaban J connectivity index is 1.51. The van der Waals surface area contributed by atoms with Crippen LogP contribution in [0.1, 0.15) is 34.3 Å². The first kappa shape index (κ1) is 19.3. The lowest BCUT2D eigenvalue weighted by Gasteiger charge is -2.20. The number of primary amides is 1. The van der Waals surface area contributed by atoms with Crippen LogP contribution in [0.25, 0.3) is 6.08 Å². The quantitative estimate of drug-likeness (QED) is 0.648. The van der Waals surface area contributed by atoms with Gasteiger partial charge in [0.1, 0.15) is 23.3 Å². The van der Waals surface area contributed by atoms with E-state index in [2.05, 4.69) is 5.10 Å². The number of hydrogen-bond donors (Lipinski definition) is 1. The van der Waals surface area contributed by atoms with Crippen LogP contribution in [-0.4, -0.2) is 29.1 Å². The lowest BCUT2D eigenvalue weighted by molar-refractivity contribution is -0.135. The molecule has 0 spiro atoms. The standard InChI is InChI=1S/C22H19N3O5/c23-22(27)17-6-1-2-7-19(17)30-14-21(26)25-18(20-8-4-12-29-20)13-15(24-25)9-10-16-5-3-11-28-16/h1-12,18H,13-14H2,(H2,23,27)/b10-9-/t18-/m0/s1. The van der Waals surface area contributed by atoms with E-state index in [1.165, 1.54) is 5.01 Å². The Kier molecular flexibility index (Phi) is 5.47. The number of hydrazone groups is 1. The smallest absolute Gasteiger partial charge is 0.281 e. The summed E-state index contributed by atoms with van der Waals surface area (Å²) in [5.41, 5.74) is 6.26. The number of hydrogen-bond acceptors (Lipinski definition) is 6. The molecule has 152 valence electrons. The van der Waals surface area contributed by atoms with Gasteiger partial charge in [0, 0.05) is 6.42 Å². The first-order valence-electron chi connectivity index (χ1n) is 9.28. The van der Waals surface area contributed by atoms with Crippen LogP contribution in [0.3, 0.4) is 0 Å². The molecule has 0 saturated carbocycles. The first-order valence-corrected chi connectivity index (χ1v) is 9.28. The van der Waals surface area contributed by atoms with Crippen molar-refractivity contribution in [1.29, 1.82) is 0 Å². The molecule has 4 rings (SSSR count). The monoisotopic (exact) mass is 405 g/mol. The van der Waals surface area contributed by atoms with Gasteiger partial charge in [-0.05, 0) is 48.6 Å². The number of allylic oxidation sites excluding steroid dienone is 1. The number of carbonyl (C=O) groups is 2. The molecule has 3 aromatic rings. The van der Waals surface area contributed by atoms with Crippen molar-refractivity contribution in [2.75, 3.05) is 6.61 Å². The zero-order valence-corrected chi connectivity index (χ0v) is 15.9. The third-order valence-electron chi connectivity index (χ3n) is 4.55. The maximum Gasteiger partial charge on any atom is 0.281 e. The molecular weight excluding hydrogens is 386 g/mol. The van der Waals surface area contributed by atoms with Crippen LogP contribution in [0.2, 0.25) is 0 Å². The zero-order valence-electron chi connectivity index (χ0n) is 15.9. The highest BCUT2D eigenvalue weighted by Gasteiger charge is 2.33. The second-order valence-electron chi connectivity index (χ2n) is 6.56. The van der Waals surface area contributed by atoms with E-state index in [1.807, 2.05) is 6.07 Å². The number of nitrogens with two attached hydrogens (primary N) is 1. The molecule has 1 aliphatic rings. The van der Waals surface area contributed by atoms with Crippen molar-refractivity contribution in [3.8, 4) is 5.75 Å². The van der Waals surface area contributed by atoms with E-state index in [9.17, 15) is 9.59 Å². The third kappa shape index (κ3) is 4.17. The highest BCUT2D eigenvalue weighted by atomic mass is 16.5. The SMILES string of the molecule is NC(=O)c1ccccc1OCC(=O)N1N=C(/C=C\c2ccco2)C[C@H]1c1ccco1. The van der Waals surface area contributed by atoms with Crippen LogP contribution in [0.15, 0.2) is 81.1 Å². The van der Waals surface area contributed by atoms with E-state index in [4.69, 9.17) is 19.3 Å². The van der Waals surface area contributed by atoms with E-state index in [-0.39, 0.29) is 23.8 Å². The summed E-state index contributed by atoms with van der Waals surface area (Å²) in [7, 11) is 0. The molecule has 0 aliphatic carbocycles. The molecular formula is C22H19N3O5. The Morgan fingerprint density at radius 2 is 1.90 bits per heavy atom. The highest BCUT2D eigenvalue weighted by Crippen LogP contribution is 2.32. The molecule has 2 N–H and O–H groups in total. The zero-order chi connectivity index (χ0) is 20.9.